The minimum atomic E-state index is -0.987. The zero-order valence-electron chi connectivity index (χ0n) is 14.5. The summed E-state index contributed by atoms with van der Waals surface area (Å²) in [6.45, 7) is 0. The summed E-state index contributed by atoms with van der Waals surface area (Å²) < 4.78 is 1.39. The van der Waals surface area contributed by atoms with Crippen LogP contribution in [0.2, 0.25) is 0 Å². The molecule has 24 heavy (non-hydrogen) atoms. The summed E-state index contributed by atoms with van der Waals surface area (Å²) in [7, 11) is 4.58. The fourth-order valence-electron chi connectivity index (χ4n) is 3.09. The summed E-state index contributed by atoms with van der Waals surface area (Å²) in [6.07, 6.45) is 6.47. The molecule has 1 fully saturated rings. The molecule has 0 unspecified atom stereocenters. The minimum Gasteiger partial charge on any atom is -0.338 e. The van der Waals surface area contributed by atoms with Gasteiger partial charge in [0.15, 0.2) is 0 Å². The first-order valence-corrected chi connectivity index (χ1v) is 8.21. The van der Waals surface area contributed by atoms with Crippen LogP contribution in [0.5, 0.6) is 0 Å². The Hall–Kier alpha value is -2.15. The summed E-state index contributed by atoms with van der Waals surface area (Å²) in [5.41, 5.74) is -0.994. The molecule has 1 aromatic rings. The number of hydrogen-bond donors (Lipinski definition) is 1. The summed E-state index contributed by atoms with van der Waals surface area (Å²) >= 11 is 0. The highest BCUT2D eigenvalue weighted by Gasteiger charge is 2.42. The van der Waals surface area contributed by atoms with Crippen molar-refractivity contribution in [1.29, 1.82) is 0 Å². The van der Waals surface area contributed by atoms with E-state index >= 15 is 0 Å². The summed E-state index contributed by atoms with van der Waals surface area (Å²) in [4.78, 5) is 42.2. The third-order valence-electron chi connectivity index (χ3n) is 4.65. The molecule has 7 nitrogen and oxygen atoms in total. The molecule has 1 aliphatic rings. The molecule has 0 atom stereocenters. The van der Waals surface area contributed by atoms with Gasteiger partial charge in [0.25, 0.3) is 17.4 Å². The Balaban J connectivity index is 2.30. The molecular formula is C17H25N3O4. The molecule has 1 heterocycles. The highest BCUT2D eigenvalue weighted by molar-refractivity contribution is 5.99. The number of likely N-dealkylation sites (N-methyl/N-ethyl adjacent to an activating group) is 1. The Morgan fingerprint density at radius 1 is 1.25 bits per heavy atom. The monoisotopic (exact) mass is 335 g/mol. The number of nitrogens with one attached hydrogen (secondary N) is 1. The van der Waals surface area contributed by atoms with E-state index in [0.717, 1.165) is 30.7 Å². The van der Waals surface area contributed by atoms with E-state index in [1.807, 2.05) is 0 Å². The van der Waals surface area contributed by atoms with E-state index in [9.17, 15) is 14.4 Å². The van der Waals surface area contributed by atoms with Crippen LogP contribution in [0.15, 0.2) is 23.1 Å². The number of hydroxylamine groups is 2. The van der Waals surface area contributed by atoms with Crippen molar-refractivity contribution in [3.05, 3.63) is 34.2 Å². The Morgan fingerprint density at radius 3 is 2.42 bits per heavy atom. The van der Waals surface area contributed by atoms with Gasteiger partial charge in [-0.1, -0.05) is 25.7 Å². The van der Waals surface area contributed by atoms with Crippen LogP contribution in [0, 0.1) is 0 Å². The van der Waals surface area contributed by atoms with Crippen LogP contribution in [-0.2, 0) is 16.7 Å². The van der Waals surface area contributed by atoms with E-state index in [4.69, 9.17) is 4.84 Å². The first-order chi connectivity index (χ1) is 11.4. The summed E-state index contributed by atoms with van der Waals surface area (Å²) in [6, 6.07) is 2.86. The standard InChI is InChI=1S/C17H25N3O4/c1-19-11-8-13(12-14(19)21)15(22)18-17(16(23)20(2)24-3)9-6-4-5-7-10-17/h8,11-12H,4-7,9-10H2,1-3H3,(H,18,22). The zero-order valence-corrected chi connectivity index (χ0v) is 14.5. The number of carbonyl (C=O) groups excluding carboxylic acids is 2. The second kappa shape index (κ2) is 7.61. The number of pyridine rings is 1. The molecule has 0 spiro atoms. The zero-order chi connectivity index (χ0) is 17.7. The third kappa shape index (κ3) is 3.84. The minimum absolute atomic E-state index is 0.259. The Kier molecular flexibility index (Phi) is 5.77. The molecule has 2 rings (SSSR count). The molecule has 1 aliphatic carbocycles. The maximum Gasteiger partial charge on any atom is 0.271 e. The van der Waals surface area contributed by atoms with Gasteiger partial charge in [-0.2, -0.15) is 0 Å². The average Bonchev–Trinajstić information content (AvgIpc) is 2.82. The molecule has 0 aliphatic heterocycles. The van der Waals surface area contributed by atoms with Crippen LogP contribution >= 0.6 is 0 Å². The van der Waals surface area contributed by atoms with Crippen LogP contribution in [0.25, 0.3) is 0 Å². The van der Waals surface area contributed by atoms with Crippen molar-refractivity contribution in [3.8, 4) is 0 Å². The van der Waals surface area contributed by atoms with Crippen molar-refractivity contribution in [2.24, 2.45) is 7.05 Å². The van der Waals surface area contributed by atoms with Gasteiger partial charge in [0.05, 0.1) is 7.11 Å². The first kappa shape index (κ1) is 18.2. The van der Waals surface area contributed by atoms with Gasteiger partial charge in [0.1, 0.15) is 5.54 Å². The van der Waals surface area contributed by atoms with Crippen molar-refractivity contribution < 1.29 is 14.4 Å². The fourth-order valence-corrected chi connectivity index (χ4v) is 3.09. The number of hydrogen-bond acceptors (Lipinski definition) is 4. The van der Waals surface area contributed by atoms with Gasteiger partial charge in [-0.3, -0.25) is 19.2 Å². The van der Waals surface area contributed by atoms with Gasteiger partial charge in [0.2, 0.25) is 0 Å². The molecule has 0 radical (unpaired) electrons. The van der Waals surface area contributed by atoms with Gasteiger partial charge < -0.3 is 9.88 Å². The summed E-state index contributed by atoms with van der Waals surface area (Å²) in [5.74, 6) is -0.670. The van der Waals surface area contributed by atoms with Gasteiger partial charge in [-0.25, -0.2) is 5.06 Å². The maximum absolute atomic E-state index is 12.8. The second-order valence-corrected chi connectivity index (χ2v) is 6.30. The SMILES string of the molecule is CON(C)C(=O)C1(NC(=O)c2ccn(C)c(=O)c2)CCCCCC1. The lowest BCUT2D eigenvalue weighted by Crippen LogP contribution is -2.58. The van der Waals surface area contributed by atoms with Crippen molar-refractivity contribution in [2.45, 2.75) is 44.1 Å². The van der Waals surface area contributed by atoms with Gasteiger partial charge >= 0.3 is 0 Å². The Labute approximate surface area is 141 Å². The first-order valence-electron chi connectivity index (χ1n) is 8.21. The quantitative estimate of drug-likeness (QED) is 0.663. The highest BCUT2D eigenvalue weighted by Crippen LogP contribution is 2.29. The second-order valence-electron chi connectivity index (χ2n) is 6.30. The van der Waals surface area contributed by atoms with Gasteiger partial charge in [-0.15, -0.1) is 0 Å². The lowest BCUT2D eigenvalue weighted by molar-refractivity contribution is -0.176. The summed E-state index contributed by atoms with van der Waals surface area (Å²) in [5, 5.41) is 4.05. The number of nitrogens with zero attached hydrogens (tertiary/aromatic N) is 2. The normalized spacial score (nSPS) is 17.0. The Bertz CT molecular complexity index is 660. The molecule has 132 valence electrons. The van der Waals surface area contributed by atoms with Crippen molar-refractivity contribution >= 4 is 11.8 Å². The molecule has 7 heteroatoms. The molecule has 1 N–H and O–H groups in total. The lowest BCUT2D eigenvalue weighted by atomic mass is 9.88. The topological polar surface area (TPSA) is 80.6 Å². The number of rotatable bonds is 4. The fraction of sp³-hybridized carbons (Fsp3) is 0.588. The number of carbonyl (C=O) groups is 2. The number of amides is 2. The van der Waals surface area contributed by atoms with Crippen LogP contribution < -0.4 is 10.9 Å². The van der Waals surface area contributed by atoms with E-state index in [1.54, 1.807) is 26.4 Å². The molecule has 0 bridgehead atoms. The van der Waals surface area contributed by atoms with Crippen molar-refractivity contribution in [2.75, 3.05) is 14.2 Å². The van der Waals surface area contributed by atoms with Crippen molar-refractivity contribution in [1.82, 2.24) is 14.9 Å². The smallest absolute Gasteiger partial charge is 0.271 e. The van der Waals surface area contributed by atoms with E-state index < -0.39 is 11.4 Å². The predicted molar refractivity (Wildman–Crippen MR) is 89.4 cm³/mol. The van der Waals surface area contributed by atoms with Crippen LogP contribution in [0.1, 0.15) is 48.9 Å². The molecule has 1 aromatic heterocycles. The predicted octanol–water partition coefficient (Wildman–Crippen LogP) is 1.23. The largest absolute Gasteiger partial charge is 0.338 e. The lowest BCUT2D eigenvalue weighted by Gasteiger charge is -2.35. The molecule has 0 aromatic carbocycles. The number of aryl methyl sites for hydroxylation is 1. The third-order valence-corrected chi connectivity index (χ3v) is 4.65. The molecule has 1 saturated carbocycles. The van der Waals surface area contributed by atoms with E-state index in [-0.39, 0.29) is 17.0 Å². The van der Waals surface area contributed by atoms with Crippen LogP contribution in [-0.4, -0.2) is 41.1 Å². The van der Waals surface area contributed by atoms with Crippen molar-refractivity contribution in [3.63, 3.8) is 0 Å². The average molecular weight is 335 g/mol. The molecule has 0 saturated heterocycles. The van der Waals surface area contributed by atoms with Gasteiger partial charge in [-0.05, 0) is 18.9 Å². The Morgan fingerprint density at radius 2 is 1.88 bits per heavy atom. The molecular weight excluding hydrogens is 310 g/mol. The van der Waals surface area contributed by atoms with Gasteiger partial charge in [0, 0.05) is 31.9 Å². The van der Waals surface area contributed by atoms with Crippen LogP contribution in [0.4, 0.5) is 0 Å². The van der Waals surface area contributed by atoms with E-state index in [1.165, 1.54) is 17.7 Å². The van der Waals surface area contributed by atoms with E-state index in [2.05, 4.69) is 5.32 Å². The molecule has 2 amide bonds. The maximum atomic E-state index is 12.8. The highest BCUT2D eigenvalue weighted by atomic mass is 16.7. The number of aromatic nitrogens is 1. The van der Waals surface area contributed by atoms with Crippen LogP contribution in [0.3, 0.4) is 0 Å². The van der Waals surface area contributed by atoms with E-state index in [0.29, 0.717) is 12.8 Å².